The minimum absolute atomic E-state index is 0. The number of esters is 1. The normalized spacial score (nSPS) is 14.6. The van der Waals surface area contributed by atoms with E-state index in [4.69, 9.17) is 42.5 Å². The molecule has 0 fully saturated rings. The number of fused-ring (bicyclic) bond motifs is 2. The average Bonchev–Trinajstić information content (AvgIpc) is 3.64. The van der Waals surface area contributed by atoms with Gasteiger partial charge < -0.3 is 29.1 Å². The number of hydrogen-bond acceptors (Lipinski definition) is 7. The lowest BCUT2D eigenvalue weighted by molar-refractivity contribution is -0.142. The first kappa shape index (κ1) is 49.4. The molecule has 2 aliphatic rings. The van der Waals surface area contributed by atoms with Gasteiger partial charge in [-0.1, -0.05) is 98.7 Å². The molecule has 0 radical (unpaired) electrons. The van der Waals surface area contributed by atoms with Crippen molar-refractivity contribution in [2.24, 2.45) is 0 Å². The second kappa shape index (κ2) is 21.4. The number of carbonyl (C=O) groups is 4. The van der Waals surface area contributed by atoms with Gasteiger partial charge in [0.15, 0.2) is 0 Å². The Balaban J connectivity index is 0.000000237. The van der Waals surface area contributed by atoms with E-state index in [-0.39, 0.29) is 51.5 Å². The third-order valence-electron chi connectivity index (χ3n) is 11.4. The minimum atomic E-state index is -0.936. The van der Waals surface area contributed by atoms with Gasteiger partial charge in [-0.2, -0.15) is 0 Å². The highest BCUT2D eigenvalue weighted by Crippen LogP contribution is 2.39. The van der Waals surface area contributed by atoms with E-state index in [1.165, 1.54) is 12.0 Å². The topological polar surface area (TPSA) is 123 Å². The van der Waals surface area contributed by atoms with Crippen molar-refractivity contribution < 1.29 is 38.5 Å². The summed E-state index contributed by atoms with van der Waals surface area (Å²) in [6, 6.07) is 37.9. The molecule has 2 amide bonds. The van der Waals surface area contributed by atoms with E-state index in [1.54, 1.807) is 43.3 Å². The van der Waals surface area contributed by atoms with Crippen LogP contribution in [0, 0.1) is 13.8 Å². The number of amides is 2. The second-order valence-electron chi connectivity index (χ2n) is 15.6. The van der Waals surface area contributed by atoms with Gasteiger partial charge in [0.05, 0.1) is 32.0 Å². The van der Waals surface area contributed by atoms with E-state index in [0.29, 0.717) is 40.9 Å². The summed E-state index contributed by atoms with van der Waals surface area (Å²) in [6.07, 6.45) is 0.00913. The van der Waals surface area contributed by atoms with E-state index in [2.05, 4.69) is 18.2 Å². The van der Waals surface area contributed by atoms with Crippen LogP contribution in [-0.4, -0.2) is 59.9 Å². The summed E-state index contributed by atoms with van der Waals surface area (Å²) in [4.78, 5) is 51.1. The number of aryl methyl sites for hydroxylation is 2. The number of ether oxygens (including phenoxy) is 3. The van der Waals surface area contributed by atoms with Gasteiger partial charge in [-0.15, -0.1) is 0 Å². The van der Waals surface area contributed by atoms with Crippen molar-refractivity contribution in [2.45, 2.75) is 66.8 Å². The zero-order chi connectivity index (χ0) is 44.9. The maximum absolute atomic E-state index is 12.7. The number of nitrogens with zero attached hydrogens (tertiary/aromatic N) is 2. The van der Waals surface area contributed by atoms with E-state index >= 15 is 0 Å². The fourth-order valence-corrected chi connectivity index (χ4v) is 8.53. The van der Waals surface area contributed by atoms with E-state index in [0.717, 1.165) is 60.7 Å². The molecule has 6 aromatic carbocycles. The van der Waals surface area contributed by atoms with Gasteiger partial charge in [-0.05, 0) is 130 Å². The second-order valence-corrected chi connectivity index (χ2v) is 16.5. The van der Waals surface area contributed by atoms with Crippen LogP contribution in [0.25, 0.3) is 22.3 Å². The summed E-state index contributed by atoms with van der Waals surface area (Å²) in [7, 11) is 4.67. The predicted molar refractivity (Wildman–Crippen MR) is 257 cm³/mol. The fraction of sp³-hybridized carbons (Fsp3) is 0.245. The molecular weight excluding hydrogens is 863 g/mol. The number of hydrogen-bond donors (Lipinski definition) is 1. The summed E-state index contributed by atoms with van der Waals surface area (Å²) in [6.45, 7) is 4.79. The van der Waals surface area contributed by atoms with Crippen LogP contribution in [0.2, 0.25) is 10.0 Å². The van der Waals surface area contributed by atoms with Crippen LogP contribution in [0.4, 0.5) is 0 Å². The molecule has 6 aromatic rings. The number of rotatable bonds is 12. The van der Waals surface area contributed by atoms with Crippen LogP contribution in [0.15, 0.2) is 121 Å². The number of benzene rings is 6. The number of carboxylic acid groups (broad SMARTS) is 1. The molecule has 2 unspecified atom stereocenters. The molecule has 0 aromatic heterocycles. The molecule has 0 spiro atoms. The number of aliphatic carboxylic acids is 1. The summed E-state index contributed by atoms with van der Waals surface area (Å²) < 4.78 is 16.7. The molecule has 0 aliphatic carbocycles. The largest absolute Gasteiger partial charge is 0.489 e. The molecule has 2 aliphatic heterocycles. The van der Waals surface area contributed by atoms with Crippen LogP contribution >= 0.6 is 23.2 Å². The summed E-state index contributed by atoms with van der Waals surface area (Å²) in [5, 5.41) is 10.6. The monoisotopic (exact) mass is 916 g/mol. The average molecular weight is 918 g/mol. The first-order valence-electron chi connectivity index (χ1n) is 20.3. The Kier molecular flexibility index (Phi) is 16.2. The van der Waals surface area contributed by atoms with Crippen LogP contribution in [0.1, 0.15) is 93.9 Å². The van der Waals surface area contributed by atoms with Crippen LogP contribution in [-0.2, 0) is 27.5 Å². The molecule has 1 N–H and O–H groups in total. The van der Waals surface area contributed by atoms with Gasteiger partial charge in [0.25, 0.3) is 11.8 Å². The third kappa shape index (κ3) is 11.2. The molecule has 0 saturated heterocycles. The van der Waals surface area contributed by atoms with Gasteiger partial charge in [0.2, 0.25) is 0 Å². The predicted octanol–water partition coefficient (Wildman–Crippen LogP) is 12.4. The third-order valence-corrected chi connectivity index (χ3v) is 11.9. The van der Waals surface area contributed by atoms with Gasteiger partial charge in [0.1, 0.15) is 24.7 Å². The molecule has 65 heavy (non-hydrogen) atoms. The molecule has 8 rings (SSSR count). The van der Waals surface area contributed by atoms with Crippen molar-refractivity contribution in [3.05, 3.63) is 176 Å². The lowest BCUT2D eigenvalue weighted by Crippen LogP contribution is -2.25. The molecule has 0 bridgehead atoms. The van der Waals surface area contributed by atoms with Gasteiger partial charge in [0, 0.05) is 35.3 Å². The zero-order valence-corrected chi connectivity index (χ0v) is 37.0. The Morgan fingerprint density at radius 2 is 1.02 bits per heavy atom. The van der Waals surface area contributed by atoms with Crippen molar-refractivity contribution in [2.75, 3.05) is 21.2 Å². The SMILES string of the molecule is C.C.COC(=O)CC1c2ccc(OCc3cccc(-c4ccc(Cl)cc4C)c3)cc2C(=O)N1C.Cc1cc(Cl)ccc1-c1cccc(COc2ccc3c(c2)C(=O)N(C)C3CC(=O)O)c1. The zero-order valence-electron chi connectivity index (χ0n) is 35.5. The highest BCUT2D eigenvalue weighted by molar-refractivity contribution is 6.31. The van der Waals surface area contributed by atoms with Gasteiger partial charge in [-0.25, -0.2) is 0 Å². The number of carbonyl (C=O) groups excluding carboxylic acids is 3. The maximum Gasteiger partial charge on any atom is 0.307 e. The molecule has 12 heteroatoms. The number of carboxylic acids is 1. The Morgan fingerprint density at radius 1 is 0.585 bits per heavy atom. The molecule has 338 valence electrons. The van der Waals surface area contributed by atoms with E-state index in [9.17, 15) is 19.2 Å². The molecule has 2 atom stereocenters. The van der Waals surface area contributed by atoms with Crippen LogP contribution in [0.3, 0.4) is 0 Å². The fourth-order valence-electron chi connectivity index (χ4n) is 8.08. The molecular formula is C53H54Cl2N2O8. The summed E-state index contributed by atoms with van der Waals surface area (Å²) >= 11 is 12.2. The van der Waals surface area contributed by atoms with Gasteiger partial charge in [-0.3, -0.25) is 19.2 Å². The van der Waals surface area contributed by atoms with E-state index < -0.39 is 12.0 Å². The quantitative estimate of drug-likeness (QED) is 0.120. The Hall–Kier alpha value is -6.62. The van der Waals surface area contributed by atoms with E-state index in [1.807, 2.05) is 92.7 Å². The first-order chi connectivity index (χ1) is 30.2. The summed E-state index contributed by atoms with van der Waals surface area (Å²) in [5.41, 5.74) is 11.2. The highest BCUT2D eigenvalue weighted by atomic mass is 35.5. The molecule has 10 nitrogen and oxygen atoms in total. The lowest BCUT2D eigenvalue weighted by atomic mass is 9.99. The van der Waals surface area contributed by atoms with Crippen LogP contribution < -0.4 is 9.47 Å². The molecule has 0 saturated carbocycles. The minimum Gasteiger partial charge on any atom is -0.489 e. The highest BCUT2D eigenvalue weighted by Gasteiger charge is 2.37. The Morgan fingerprint density at radius 3 is 1.42 bits per heavy atom. The van der Waals surface area contributed by atoms with Crippen molar-refractivity contribution in [3.63, 3.8) is 0 Å². The smallest absolute Gasteiger partial charge is 0.307 e. The Labute approximate surface area is 391 Å². The standard InChI is InChI=1S/C26H24ClNO4.C25H22ClNO4.2CH4/c1-16-11-19(27)7-9-21(16)18-6-4-5-17(12-18)15-32-20-8-10-22-23(13-20)26(30)28(2)24(22)14-25(29)31-3;1-15-10-18(26)6-8-20(15)17-5-3-4-16(11-17)14-31-19-7-9-21-22(12-19)25(30)27(2)23(21)13-24(28)29;;/h4-13,24H,14-15H2,1-3H3;3-12,23H,13-14H2,1-2H3,(H,28,29);2*1H4. The first-order valence-corrected chi connectivity index (χ1v) is 21.0. The lowest BCUT2D eigenvalue weighted by Gasteiger charge is -2.19. The van der Waals surface area contributed by atoms with Crippen molar-refractivity contribution >= 4 is 47.0 Å². The van der Waals surface area contributed by atoms with Gasteiger partial charge >= 0.3 is 11.9 Å². The van der Waals surface area contributed by atoms with Crippen molar-refractivity contribution in [3.8, 4) is 33.8 Å². The van der Waals surface area contributed by atoms with Crippen molar-refractivity contribution in [1.29, 1.82) is 0 Å². The number of halogens is 2. The maximum atomic E-state index is 12.7. The van der Waals surface area contributed by atoms with Crippen LogP contribution in [0.5, 0.6) is 11.5 Å². The Bertz CT molecular complexity index is 2740. The summed E-state index contributed by atoms with van der Waals surface area (Å²) in [5.74, 6) is -0.416. The number of methoxy groups -OCH3 is 1. The molecule has 2 heterocycles. The van der Waals surface area contributed by atoms with Crippen molar-refractivity contribution in [1.82, 2.24) is 9.80 Å².